The second kappa shape index (κ2) is 15.3. The molecule has 5 rings (SSSR count). The van der Waals surface area contributed by atoms with Crippen molar-refractivity contribution in [2.45, 2.75) is 63.2 Å². The molecule has 0 saturated heterocycles. The number of halogens is 4. The maximum absolute atomic E-state index is 14.9. The zero-order valence-electron chi connectivity index (χ0n) is 37.3. The summed E-state index contributed by atoms with van der Waals surface area (Å²) in [5, 5.41) is -0.663. The standard InChI is InChI=1S/C36H38F4N4O2S/c1-3-42(4-2)20-21-43(22-25-8-12-27(13-9-25)28-14-16-29(17-15-28)36(38,39)40)33(45)23-44-32-7-5-6-31(32)34(46)41-35(44)47-24-26-10-18-30(37)19-11-26/h8-19H,3-7,20-24H2,1-2H3/i3D2,4D2,20D2,21D2,23D2,24D2. The monoisotopic (exact) mass is 678 g/mol. The predicted octanol–water partition coefficient (Wildman–Crippen LogP) is 7.22. The number of thioether (sulfide) groups is 1. The first kappa shape index (κ1) is 21.8. The van der Waals surface area contributed by atoms with Gasteiger partial charge in [-0.15, -0.1) is 0 Å². The molecular weight excluding hydrogens is 628 g/mol. The van der Waals surface area contributed by atoms with Gasteiger partial charge in [-0.3, -0.25) is 9.59 Å². The lowest BCUT2D eigenvalue weighted by molar-refractivity contribution is -0.137. The van der Waals surface area contributed by atoms with E-state index in [1.54, 1.807) is 0 Å². The minimum atomic E-state index is -4.59. The van der Waals surface area contributed by atoms with Gasteiger partial charge in [0.25, 0.3) is 5.56 Å². The van der Waals surface area contributed by atoms with Crippen LogP contribution < -0.4 is 5.56 Å². The summed E-state index contributed by atoms with van der Waals surface area (Å²) in [6.45, 7) is -16.3. The van der Waals surface area contributed by atoms with Gasteiger partial charge in [-0.2, -0.15) is 18.2 Å². The van der Waals surface area contributed by atoms with Crippen molar-refractivity contribution in [1.82, 2.24) is 19.4 Å². The van der Waals surface area contributed by atoms with Crippen molar-refractivity contribution >= 4 is 17.7 Å². The normalized spacial score (nSPS) is 18.4. The van der Waals surface area contributed by atoms with Crippen LogP contribution in [0.5, 0.6) is 0 Å². The largest absolute Gasteiger partial charge is 0.416 e. The molecule has 0 N–H and O–H groups in total. The molecule has 11 heteroatoms. The van der Waals surface area contributed by atoms with Crippen LogP contribution in [-0.4, -0.2) is 51.2 Å². The number of fused-ring (bicyclic) bond motifs is 1. The molecule has 0 bridgehead atoms. The van der Waals surface area contributed by atoms with Crippen LogP contribution in [0, 0.1) is 5.82 Å². The highest BCUT2D eigenvalue weighted by molar-refractivity contribution is 7.98. The van der Waals surface area contributed by atoms with Gasteiger partial charge in [-0.05, 0) is 78.8 Å². The first-order valence-corrected chi connectivity index (χ1v) is 15.2. The van der Waals surface area contributed by atoms with Gasteiger partial charge in [0.1, 0.15) is 12.3 Å². The number of hydrogen-bond acceptors (Lipinski definition) is 5. The summed E-state index contributed by atoms with van der Waals surface area (Å²) in [5.74, 6) is -2.49. The first-order valence-electron chi connectivity index (χ1n) is 20.4. The molecule has 1 heterocycles. The van der Waals surface area contributed by atoms with Crippen molar-refractivity contribution in [3.8, 4) is 11.1 Å². The molecule has 0 atom stereocenters. The summed E-state index contributed by atoms with van der Waals surface area (Å²) in [4.78, 5) is 32.1. The van der Waals surface area contributed by atoms with Crippen molar-refractivity contribution in [1.29, 1.82) is 0 Å². The lowest BCUT2D eigenvalue weighted by Crippen LogP contribution is -2.40. The maximum Gasteiger partial charge on any atom is 0.416 e. The molecule has 1 aliphatic carbocycles. The number of benzene rings is 3. The number of carbonyl (C=O) groups is 1. The summed E-state index contributed by atoms with van der Waals surface area (Å²) in [5.41, 5.74) is -3.69. The maximum atomic E-state index is 14.9. The van der Waals surface area contributed by atoms with Crippen LogP contribution in [0.3, 0.4) is 0 Å². The highest BCUT2D eigenvalue weighted by Gasteiger charge is 2.30. The van der Waals surface area contributed by atoms with Gasteiger partial charge in [0.15, 0.2) is 5.16 Å². The number of rotatable bonds is 13. The van der Waals surface area contributed by atoms with Gasteiger partial charge in [0, 0.05) is 47.5 Å². The van der Waals surface area contributed by atoms with E-state index in [0.29, 0.717) is 22.1 Å². The Balaban J connectivity index is 1.66. The number of hydrogen-bond donors (Lipinski definition) is 0. The quantitative estimate of drug-likeness (QED) is 0.0850. The number of aromatic nitrogens is 2. The summed E-state index contributed by atoms with van der Waals surface area (Å²) in [7, 11) is 0. The molecule has 0 radical (unpaired) electrons. The van der Waals surface area contributed by atoms with Crippen molar-refractivity contribution in [2.75, 3.05) is 26.0 Å². The number of amides is 1. The highest BCUT2D eigenvalue weighted by Crippen LogP contribution is 2.31. The van der Waals surface area contributed by atoms with Gasteiger partial charge >= 0.3 is 6.18 Å². The van der Waals surface area contributed by atoms with Crippen LogP contribution in [0.25, 0.3) is 11.1 Å². The SMILES string of the molecule is [2H]C([2H])(Sc1nc(=O)c2c(n1C([2H])([2H])C(=O)N(Cc1ccc(-c3ccc(C(F)(F)F)cc3)cc1)C([2H])([2H])C([2H])([2H])N(C([2H])([2H])C)C([2H])([2H])C)CCC2)c1ccc(F)cc1. The van der Waals surface area contributed by atoms with Crippen molar-refractivity contribution < 1.29 is 38.8 Å². The van der Waals surface area contributed by atoms with E-state index in [2.05, 4.69) is 4.98 Å². The van der Waals surface area contributed by atoms with E-state index < -0.39 is 78.9 Å². The molecule has 0 aliphatic heterocycles. The minimum Gasteiger partial charge on any atom is -0.336 e. The number of carbonyl (C=O) groups excluding carboxylic acids is 1. The summed E-state index contributed by atoms with van der Waals surface area (Å²) in [6, 6.07) is 13.8. The molecule has 248 valence electrons. The van der Waals surface area contributed by atoms with Crippen LogP contribution in [0.4, 0.5) is 17.6 Å². The van der Waals surface area contributed by atoms with Crippen LogP contribution in [0.2, 0.25) is 0 Å². The van der Waals surface area contributed by atoms with Crippen LogP contribution in [0.1, 0.15) is 64.7 Å². The molecule has 1 amide bonds. The molecule has 6 nitrogen and oxygen atoms in total. The Bertz CT molecular complexity index is 2230. The fraction of sp³-hybridized carbons (Fsp3) is 0.361. The molecule has 3 aromatic carbocycles. The van der Waals surface area contributed by atoms with Gasteiger partial charge in [-0.25, -0.2) is 4.39 Å². The molecule has 0 saturated carbocycles. The average Bonchev–Trinajstić information content (AvgIpc) is 3.59. The Morgan fingerprint density at radius 3 is 2.15 bits per heavy atom. The summed E-state index contributed by atoms with van der Waals surface area (Å²) in [6.07, 6.45) is -4.20. The second-order valence-corrected chi connectivity index (χ2v) is 11.1. The van der Waals surface area contributed by atoms with Gasteiger partial charge in [0.2, 0.25) is 5.91 Å². The number of nitrogens with zero attached hydrogens (tertiary/aromatic N) is 4. The minimum absolute atomic E-state index is 0.00152. The second-order valence-electron chi connectivity index (χ2n) is 10.3. The van der Waals surface area contributed by atoms with Crippen molar-refractivity contribution in [3.63, 3.8) is 0 Å². The Kier molecular flexibility index (Phi) is 7.10. The highest BCUT2D eigenvalue weighted by atomic mass is 32.2. The molecule has 47 heavy (non-hydrogen) atoms. The predicted molar refractivity (Wildman–Crippen MR) is 177 cm³/mol. The van der Waals surface area contributed by atoms with Gasteiger partial charge in [0.05, 0.1) is 11.0 Å². The van der Waals surface area contributed by atoms with E-state index in [-0.39, 0.29) is 56.8 Å². The van der Waals surface area contributed by atoms with Crippen molar-refractivity contribution in [2.24, 2.45) is 0 Å². The molecule has 0 unspecified atom stereocenters. The topological polar surface area (TPSA) is 58.4 Å². The van der Waals surface area contributed by atoms with E-state index >= 15 is 0 Å². The Morgan fingerprint density at radius 1 is 0.915 bits per heavy atom. The van der Waals surface area contributed by atoms with E-state index in [4.69, 9.17) is 13.7 Å². The average molecular weight is 679 g/mol. The molecule has 4 aromatic rings. The molecule has 0 fully saturated rings. The van der Waals surface area contributed by atoms with Crippen LogP contribution in [0.15, 0.2) is 82.7 Å². The summed E-state index contributed by atoms with van der Waals surface area (Å²) >= 11 is 0.212. The number of alkyl halides is 3. The van der Waals surface area contributed by atoms with Crippen LogP contribution >= 0.6 is 11.8 Å². The fourth-order valence-corrected chi connectivity index (χ4v) is 5.54. The fourth-order valence-electron chi connectivity index (χ4n) is 4.82. The molecule has 0 spiro atoms. The number of likely N-dealkylation sites (N-methyl/N-ethyl adjacent to an activating group) is 1. The Morgan fingerprint density at radius 2 is 1.53 bits per heavy atom. The smallest absolute Gasteiger partial charge is 0.336 e. The van der Waals surface area contributed by atoms with E-state index in [1.165, 1.54) is 36.4 Å². The molecular formula is C36H38F4N4O2S. The third-order valence-corrected chi connectivity index (χ3v) is 8.04. The van der Waals surface area contributed by atoms with Crippen LogP contribution in [-0.2, 0) is 42.6 Å². The van der Waals surface area contributed by atoms with E-state index in [0.717, 1.165) is 50.2 Å². The first-order chi connectivity index (χ1) is 26.9. The third-order valence-electron chi connectivity index (χ3n) is 7.25. The zero-order chi connectivity index (χ0) is 44.3. The Labute approximate surface area is 293 Å². The Hall–Kier alpha value is -3.96. The van der Waals surface area contributed by atoms with Gasteiger partial charge < -0.3 is 14.4 Å². The zero-order valence-corrected chi connectivity index (χ0v) is 26.1. The lowest BCUT2D eigenvalue weighted by Gasteiger charge is -2.28. The van der Waals surface area contributed by atoms with E-state index in [9.17, 15) is 29.9 Å². The third kappa shape index (κ3) is 8.70. The molecule has 1 aromatic heterocycles. The van der Waals surface area contributed by atoms with E-state index in [1.807, 2.05) is 0 Å². The molecule has 1 aliphatic rings. The lowest BCUT2D eigenvalue weighted by atomic mass is 10.0. The van der Waals surface area contributed by atoms with Gasteiger partial charge in [-0.1, -0.05) is 74.1 Å². The van der Waals surface area contributed by atoms with Crippen molar-refractivity contribution in [3.05, 3.63) is 117 Å². The summed E-state index contributed by atoms with van der Waals surface area (Å²) < 4.78 is 159.